The van der Waals surface area contributed by atoms with Gasteiger partial charge in [0.05, 0.1) is 15.6 Å². The third-order valence-corrected chi connectivity index (χ3v) is 4.03. The highest BCUT2D eigenvalue weighted by Gasteiger charge is 2.19. The minimum Gasteiger partial charge on any atom is -0.251 e. The maximum absolute atomic E-state index is 6.26. The van der Waals surface area contributed by atoms with Crippen LogP contribution in [0.5, 0.6) is 0 Å². The number of hydrogen-bond acceptors (Lipinski definition) is 2. The number of hydrogen-bond donors (Lipinski definition) is 1. The fourth-order valence-electron chi connectivity index (χ4n) is 1.82. The molecule has 2 aromatic rings. The minimum absolute atomic E-state index is 0.0302. The van der Waals surface area contributed by atoms with E-state index in [9.17, 15) is 0 Å². The lowest BCUT2D eigenvalue weighted by Crippen LogP contribution is -2.14. The highest BCUT2D eigenvalue weighted by Crippen LogP contribution is 2.34. The molecule has 18 heavy (non-hydrogen) atoms. The predicted molar refractivity (Wildman–Crippen MR) is 83.2 cm³/mol. The van der Waals surface area contributed by atoms with Crippen LogP contribution in [0.2, 0.25) is 10.0 Å². The van der Waals surface area contributed by atoms with E-state index in [1.54, 1.807) is 6.07 Å². The van der Waals surface area contributed by atoms with Gasteiger partial charge in [-0.15, -0.1) is 0 Å². The van der Waals surface area contributed by atoms with Crippen LogP contribution in [0, 0.1) is 0 Å². The second-order valence-electron chi connectivity index (χ2n) is 5.33. The summed E-state index contributed by atoms with van der Waals surface area (Å²) in [5, 5.41) is 2.07. The van der Waals surface area contributed by atoms with Gasteiger partial charge in [-0.2, -0.15) is 12.6 Å². The van der Waals surface area contributed by atoms with E-state index in [0.29, 0.717) is 15.8 Å². The zero-order valence-corrected chi connectivity index (χ0v) is 13.0. The van der Waals surface area contributed by atoms with E-state index in [4.69, 9.17) is 23.2 Å². The quantitative estimate of drug-likeness (QED) is 0.708. The van der Waals surface area contributed by atoms with Crippen molar-refractivity contribution in [2.24, 2.45) is 0 Å². The number of rotatable bonds is 1. The summed E-state index contributed by atoms with van der Waals surface area (Å²) in [6, 6.07) is 5.85. The third-order valence-electron chi connectivity index (χ3n) is 2.90. The van der Waals surface area contributed by atoms with Gasteiger partial charge in [-0.3, -0.25) is 4.98 Å². The first-order valence-corrected chi connectivity index (χ1v) is 7.12. The molecule has 0 aliphatic heterocycles. The summed E-state index contributed by atoms with van der Waals surface area (Å²) in [5.41, 5.74) is 2.87. The molecule has 0 fully saturated rings. The normalized spacial score (nSPS) is 12.1. The van der Waals surface area contributed by atoms with Crippen LogP contribution >= 0.6 is 35.8 Å². The van der Waals surface area contributed by atoms with Gasteiger partial charge in [0.2, 0.25) is 0 Å². The molecule has 0 bridgehead atoms. The van der Waals surface area contributed by atoms with Gasteiger partial charge in [-0.05, 0) is 17.7 Å². The summed E-state index contributed by atoms with van der Waals surface area (Å²) in [6.07, 6.45) is 0. The van der Waals surface area contributed by atoms with Gasteiger partial charge in [0, 0.05) is 22.2 Å². The summed E-state index contributed by atoms with van der Waals surface area (Å²) in [4.78, 5) is 4.67. The Morgan fingerprint density at radius 1 is 1.22 bits per heavy atom. The lowest BCUT2D eigenvalue weighted by atomic mass is 9.90. The number of benzene rings is 1. The second kappa shape index (κ2) is 4.92. The first-order chi connectivity index (χ1) is 8.34. The Balaban J connectivity index is 2.85. The third kappa shape index (κ3) is 2.47. The molecular formula is C14H15Cl2NS. The van der Waals surface area contributed by atoms with Crippen LogP contribution in [0.15, 0.2) is 18.2 Å². The van der Waals surface area contributed by atoms with Crippen molar-refractivity contribution in [2.45, 2.75) is 31.9 Å². The first kappa shape index (κ1) is 14.0. The number of halogens is 2. The smallest absolute Gasteiger partial charge is 0.0909 e. The van der Waals surface area contributed by atoms with Crippen molar-refractivity contribution in [3.05, 3.63) is 39.5 Å². The number of aromatic nitrogens is 1. The molecule has 0 aliphatic rings. The second-order valence-corrected chi connectivity index (χ2v) is 6.43. The van der Waals surface area contributed by atoms with Crippen LogP contribution in [0.1, 0.15) is 32.0 Å². The number of pyridine rings is 1. The van der Waals surface area contributed by atoms with E-state index < -0.39 is 0 Å². The maximum atomic E-state index is 6.26. The van der Waals surface area contributed by atoms with Gasteiger partial charge in [-0.1, -0.05) is 50.0 Å². The molecule has 0 aliphatic carbocycles. The lowest BCUT2D eigenvalue weighted by molar-refractivity contribution is 0.571. The van der Waals surface area contributed by atoms with Crippen LogP contribution in [-0.2, 0) is 11.2 Å². The molecule has 0 radical (unpaired) electrons. The average Bonchev–Trinajstić information content (AvgIpc) is 2.31. The molecule has 0 atom stereocenters. The van der Waals surface area contributed by atoms with E-state index in [1.807, 2.05) is 6.07 Å². The fraction of sp³-hybridized carbons (Fsp3) is 0.357. The van der Waals surface area contributed by atoms with Crippen LogP contribution < -0.4 is 0 Å². The first-order valence-electron chi connectivity index (χ1n) is 5.73. The highest BCUT2D eigenvalue weighted by molar-refractivity contribution is 7.79. The fourth-order valence-corrected chi connectivity index (χ4v) is 2.44. The van der Waals surface area contributed by atoms with Crippen LogP contribution in [0.25, 0.3) is 10.9 Å². The lowest BCUT2D eigenvalue weighted by Gasteiger charge is -2.20. The number of fused-ring (bicyclic) bond motifs is 1. The molecule has 2 rings (SSSR count). The van der Waals surface area contributed by atoms with Gasteiger partial charge in [0.15, 0.2) is 0 Å². The van der Waals surface area contributed by atoms with E-state index in [2.05, 4.69) is 44.5 Å². The Kier molecular flexibility index (Phi) is 3.82. The Morgan fingerprint density at radius 3 is 2.44 bits per heavy atom. The monoisotopic (exact) mass is 299 g/mol. The molecule has 96 valence electrons. The van der Waals surface area contributed by atoms with Crippen molar-refractivity contribution >= 4 is 46.7 Å². The number of nitrogens with zero attached hydrogens (tertiary/aromatic N) is 1. The highest BCUT2D eigenvalue weighted by atomic mass is 35.5. The molecule has 1 nitrogen and oxygen atoms in total. The molecule has 4 heteroatoms. The van der Waals surface area contributed by atoms with Crippen molar-refractivity contribution in [1.82, 2.24) is 4.98 Å². The summed E-state index contributed by atoms with van der Waals surface area (Å²) < 4.78 is 0. The minimum atomic E-state index is -0.0302. The van der Waals surface area contributed by atoms with Gasteiger partial charge in [0.1, 0.15) is 0 Å². The maximum Gasteiger partial charge on any atom is 0.0909 e. The Labute approximate surface area is 123 Å². The Morgan fingerprint density at radius 2 is 1.89 bits per heavy atom. The van der Waals surface area contributed by atoms with E-state index >= 15 is 0 Å². The summed E-state index contributed by atoms with van der Waals surface area (Å²) in [5.74, 6) is 0.653. The van der Waals surface area contributed by atoms with Gasteiger partial charge in [0.25, 0.3) is 0 Å². The molecule has 0 saturated carbocycles. The summed E-state index contributed by atoms with van der Waals surface area (Å²) in [6.45, 7) is 6.38. The van der Waals surface area contributed by atoms with Crippen molar-refractivity contribution in [2.75, 3.05) is 0 Å². The molecule has 0 spiro atoms. The van der Waals surface area contributed by atoms with Gasteiger partial charge < -0.3 is 0 Å². The molecule has 0 amide bonds. The molecule has 1 aromatic heterocycles. The topological polar surface area (TPSA) is 12.9 Å². The zero-order chi connectivity index (χ0) is 13.5. The van der Waals surface area contributed by atoms with Crippen molar-refractivity contribution in [3.8, 4) is 0 Å². The van der Waals surface area contributed by atoms with Gasteiger partial charge in [-0.25, -0.2) is 0 Å². The van der Waals surface area contributed by atoms with Crippen LogP contribution in [0.3, 0.4) is 0 Å². The number of thiol groups is 1. The van der Waals surface area contributed by atoms with Crippen molar-refractivity contribution in [1.29, 1.82) is 0 Å². The standard InChI is InChI=1S/C14H15Cl2NS/c1-14(2,3)11-6-8(7-18)9-4-5-10(15)12(16)13(9)17-11/h4-6,18H,7H2,1-3H3. The zero-order valence-electron chi connectivity index (χ0n) is 10.6. The van der Waals surface area contributed by atoms with Crippen molar-refractivity contribution < 1.29 is 0 Å². The SMILES string of the molecule is CC(C)(C)c1cc(CS)c2ccc(Cl)c(Cl)c2n1. The Hall–Kier alpha value is -0.440. The summed E-state index contributed by atoms with van der Waals surface area (Å²) >= 11 is 16.7. The predicted octanol–water partition coefficient (Wildman–Crippen LogP) is 5.27. The molecule has 0 unspecified atom stereocenters. The molecule has 0 saturated heterocycles. The van der Waals surface area contributed by atoms with E-state index in [0.717, 1.165) is 22.2 Å². The van der Waals surface area contributed by atoms with Crippen molar-refractivity contribution in [3.63, 3.8) is 0 Å². The van der Waals surface area contributed by atoms with Crippen LogP contribution in [-0.4, -0.2) is 4.98 Å². The van der Waals surface area contributed by atoms with E-state index in [1.165, 1.54) is 0 Å². The largest absolute Gasteiger partial charge is 0.251 e. The molecule has 1 heterocycles. The van der Waals surface area contributed by atoms with Gasteiger partial charge >= 0.3 is 0 Å². The molecule has 1 aromatic carbocycles. The molecule has 0 N–H and O–H groups in total. The molecular weight excluding hydrogens is 285 g/mol. The average molecular weight is 300 g/mol. The summed E-state index contributed by atoms with van der Waals surface area (Å²) in [7, 11) is 0. The van der Waals surface area contributed by atoms with E-state index in [-0.39, 0.29) is 5.41 Å². The van der Waals surface area contributed by atoms with Crippen LogP contribution in [0.4, 0.5) is 0 Å². The Bertz CT molecular complexity index is 603.